The van der Waals surface area contributed by atoms with Crippen molar-refractivity contribution in [2.75, 3.05) is 5.21 Å². The van der Waals surface area contributed by atoms with Crippen LogP contribution < -0.4 is 0 Å². The molecular formula is C8H9ClOS. The molecule has 0 fully saturated rings. The minimum atomic E-state index is -1.04. The lowest BCUT2D eigenvalue weighted by atomic mass is 10.2. The van der Waals surface area contributed by atoms with Crippen LogP contribution in [0.15, 0.2) is 29.2 Å². The summed E-state index contributed by atoms with van der Waals surface area (Å²) in [6.07, 6.45) is 0. The smallest absolute Gasteiger partial charge is 0.103 e. The van der Waals surface area contributed by atoms with Crippen molar-refractivity contribution in [3.05, 3.63) is 29.8 Å². The zero-order valence-electron chi connectivity index (χ0n) is 6.21. The largest absolute Gasteiger partial charge is 0.253 e. The molecule has 1 atom stereocenters. The molecule has 0 aliphatic heterocycles. The first-order valence-corrected chi connectivity index (χ1v) is 5.10. The van der Waals surface area contributed by atoms with Crippen molar-refractivity contribution < 1.29 is 4.21 Å². The van der Waals surface area contributed by atoms with Crippen molar-refractivity contribution in [2.45, 2.75) is 11.8 Å². The Morgan fingerprint density at radius 3 is 2.82 bits per heavy atom. The van der Waals surface area contributed by atoms with Gasteiger partial charge >= 0.3 is 0 Å². The topological polar surface area (TPSA) is 17.1 Å². The highest BCUT2D eigenvalue weighted by Gasteiger charge is 1.99. The second-order valence-corrected chi connectivity index (χ2v) is 4.31. The lowest BCUT2D eigenvalue weighted by Crippen LogP contribution is -1.91. The highest BCUT2D eigenvalue weighted by molar-refractivity contribution is 7.86. The van der Waals surface area contributed by atoms with Gasteiger partial charge in [-0.15, -0.1) is 11.6 Å². The molecule has 0 aliphatic carbocycles. The minimum Gasteiger partial charge on any atom is -0.253 e. The number of halogens is 1. The van der Waals surface area contributed by atoms with E-state index in [1.165, 1.54) is 0 Å². The van der Waals surface area contributed by atoms with Crippen molar-refractivity contribution in [3.8, 4) is 0 Å². The monoisotopic (exact) mass is 188 g/mol. The minimum absolute atomic E-state index is 0.170. The van der Waals surface area contributed by atoms with Crippen molar-refractivity contribution >= 4 is 22.4 Å². The molecule has 11 heavy (non-hydrogen) atoms. The van der Waals surface area contributed by atoms with Gasteiger partial charge in [0.1, 0.15) is 5.21 Å². The second kappa shape index (κ2) is 3.88. The SMILES string of the molecule is Cc1cccc(S(=O)CCl)c1. The molecule has 0 aliphatic rings. The molecular weight excluding hydrogens is 180 g/mol. The molecule has 0 amide bonds. The third-order valence-electron chi connectivity index (χ3n) is 1.35. The predicted molar refractivity (Wildman–Crippen MR) is 48.3 cm³/mol. The summed E-state index contributed by atoms with van der Waals surface area (Å²) in [4.78, 5) is 0.806. The van der Waals surface area contributed by atoms with Crippen molar-refractivity contribution in [3.63, 3.8) is 0 Å². The third-order valence-corrected chi connectivity index (χ3v) is 2.92. The fourth-order valence-electron chi connectivity index (χ4n) is 0.820. The standard InChI is InChI=1S/C8H9ClOS/c1-7-3-2-4-8(5-7)11(10)6-9/h2-5H,6H2,1H3. The highest BCUT2D eigenvalue weighted by Crippen LogP contribution is 2.09. The number of rotatable bonds is 2. The summed E-state index contributed by atoms with van der Waals surface area (Å²) < 4.78 is 11.1. The third kappa shape index (κ3) is 2.31. The molecule has 0 spiro atoms. The summed E-state index contributed by atoms with van der Waals surface area (Å²) in [5, 5.41) is 0.170. The van der Waals surface area contributed by atoms with Gasteiger partial charge in [-0.1, -0.05) is 12.1 Å². The summed E-state index contributed by atoms with van der Waals surface area (Å²) in [7, 11) is -1.04. The van der Waals surface area contributed by atoms with Crippen molar-refractivity contribution in [1.82, 2.24) is 0 Å². The van der Waals surface area contributed by atoms with Gasteiger partial charge < -0.3 is 0 Å². The molecule has 0 aromatic heterocycles. The number of alkyl halides is 1. The highest BCUT2D eigenvalue weighted by atomic mass is 35.5. The molecule has 0 saturated carbocycles. The van der Waals surface area contributed by atoms with Gasteiger partial charge in [-0.25, -0.2) is 0 Å². The van der Waals surface area contributed by atoms with Crippen molar-refractivity contribution in [2.24, 2.45) is 0 Å². The Morgan fingerprint density at radius 2 is 2.27 bits per heavy atom. The van der Waals surface area contributed by atoms with E-state index in [0.29, 0.717) is 0 Å². The zero-order valence-corrected chi connectivity index (χ0v) is 7.78. The molecule has 1 nitrogen and oxygen atoms in total. The number of benzene rings is 1. The van der Waals surface area contributed by atoms with Crippen LogP contribution in [-0.4, -0.2) is 9.42 Å². The van der Waals surface area contributed by atoms with Crippen LogP contribution in [0.3, 0.4) is 0 Å². The molecule has 0 heterocycles. The normalized spacial score (nSPS) is 12.9. The first kappa shape index (κ1) is 8.75. The van der Waals surface area contributed by atoms with Crippen LogP contribution in [0.4, 0.5) is 0 Å². The molecule has 0 radical (unpaired) electrons. The summed E-state index contributed by atoms with van der Waals surface area (Å²) in [6, 6.07) is 7.56. The van der Waals surface area contributed by atoms with E-state index in [9.17, 15) is 4.21 Å². The second-order valence-electron chi connectivity index (χ2n) is 2.27. The predicted octanol–water partition coefficient (Wildman–Crippen LogP) is 2.30. The Bertz CT molecular complexity index is 273. The van der Waals surface area contributed by atoms with Gasteiger partial charge in [-0.05, 0) is 24.6 Å². The maximum atomic E-state index is 11.1. The Balaban J connectivity index is 2.96. The summed E-state index contributed by atoms with van der Waals surface area (Å²) in [6.45, 7) is 1.97. The Hall–Kier alpha value is -0.340. The van der Waals surface area contributed by atoms with Gasteiger partial charge in [0.2, 0.25) is 0 Å². The van der Waals surface area contributed by atoms with Crippen LogP contribution in [0.25, 0.3) is 0 Å². The van der Waals surface area contributed by atoms with Crippen LogP contribution in [0.5, 0.6) is 0 Å². The Morgan fingerprint density at radius 1 is 1.55 bits per heavy atom. The Kier molecular flexibility index (Phi) is 3.09. The molecule has 0 bridgehead atoms. The zero-order chi connectivity index (χ0) is 8.27. The van der Waals surface area contributed by atoms with E-state index in [1.807, 2.05) is 31.2 Å². The lowest BCUT2D eigenvalue weighted by Gasteiger charge is -1.97. The van der Waals surface area contributed by atoms with Crippen molar-refractivity contribution in [1.29, 1.82) is 0 Å². The molecule has 0 saturated heterocycles. The lowest BCUT2D eigenvalue weighted by molar-refractivity contribution is 0.686. The van der Waals surface area contributed by atoms with Crippen LogP contribution in [0.1, 0.15) is 5.56 Å². The maximum Gasteiger partial charge on any atom is 0.103 e. The molecule has 1 aromatic carbocycles. The van der Waals surface area contributed by atoms with E-state index in [-0.39, 0.29) is 5.21 Å². The fourth-order valence-corrected chi connectivity index (χ4v) is 1.87. The van der Waals surface area contributed by atoms with Gasteiger partial charge in [0, 0.05) is 4.90 Å². The average molecular weight is 189 g/mol. The fraction of sp³-hybridized carbons (Fsp3) is 0.250. The van der Waals surface area contributed by atoms with E-state index in [4.69, 9.17) is 11.6 Å². The van der Waals surface area contributed by atoms with E-state index in [2.05, 4.69) is 0 Å². The van der Waals surface area contributed by atoms with Crippen LogP contribution in [0, 0.1) is 6.92 Å². The van der Waals surface area contributed by atoms with Gasteiger partial charge in [0.15, 0.2) is 0 Å². The molecule has 1 aromatic rings. The quantitative estimate of drug-likeness (QED) is 0.651. The Labute approximate surface area is 73.8 Å². The first-order valence-electron chi connectivity index (χ1n) is 3.25. The van der Waals surface area contributed by atoms with Gasteiger partial charge in [0.05, 0.1) is 10.8 Å². The molecule has 1 rings (SSSR count). The van der Waals surface area contributed by atoms with Crippen LogP contribution in [0.2, 0.25) is 0 Å². The maximum absolute atomic E-state index is 11.1. The molecule has 1 unspecified atom stereocenters. The number of hydrogen-bond donors (Lipinski definition) is 0. The summed E-state index contributed by atoms with van der Waals surface area (Å²) >= 11 is 5.44. The molecule has 3 heteroatoms. The van der Waals surface area contributed by atoms with Gasteiger partial charge in [-0.3, -0.25) is 4.21 Å². The van der Waals surface area contributed by atoms with E-state index in [0.717, 1.165) is 10.5 Å². The average Bonchev–Trinajstić information content (AvgIpc) is 2.03. The first-order chi connectivity index (χ1) is 5.24. The van der Waals surface area contributed by atoms with Gasteiger partial charge in [0.25, 0.3) is 0 Å². The van der Waals surface area contributed by atoms with Gasteiger partial charge in [-0.2, -0.15) is 0 Å². The molecule has 60 valence electrons. The van der Waals surface area contributed by atoms with E-state index in [1.54, 1.807) is 0 Å². The summed E-state index contributed by atoms with van der Waals surface area (Å²) in [5.74, 6) is 0. The number of hydrogen-bond acceptors (Lipinski definition) is 1. The van der Waals surface area contributed by atoms with E-state index < -0.39 is 10.8 Å². The van der Waals surface area contributed by atoms with E-state index >= 15 is 0 Å². The summed E-state index contributed by atoms with van der Waals surface area (Å²) in [5.41, 5.74) is 1.11. The number of aryl methyl sites for hydroxylation is 1. The molecule has 0 N–H and O–H groups in total. The van der Waals surface area contributed by atoms with Crippen LogP contribution >= 0.6 is 11.6 Å². The van der Waals surface area contributed by atoms with Crippen LogP contribution in [-0.2, 0) is 10.8 Å².